The first-order chi connectivity index (χ1) is 8.85. The van der Waals surface area contributed by atoms with Crippen LogP contribution in [0.2, 0.25) is 0 Å². The highest BCUT2D eigenvalue weighted by atomic mass is 14.0. The highest BCUT2D eigenvalue weighted by molar-refractivity contribution is 5.00. The molecular weight excluding hydrogens is 216 g/mol. The summed E-state index contributed by atoms with van der Waals surface area (Å²) in [6.45, 7) is 6.81. The lowest BCUT2D eigenvalue weighted by atomic mass is 10.0. The van der Waals surface area contributed by atoms with E-state index in [1.54, 1.807) is 0 Å². The van der Waals surface area contributed by atoms with Gasteiger partial charge < -0.3 is 0 Å². The van der Waals surface area contributed by atoms with Gasteiger partial charge in [0.05, 0.1) is 0 Å². The molecule has 1 atom stereocenters. The molecule has 0 heteroatoms. The maximum atomic E-state index is 2.41. The first kappa shape index (κ1) is 17.5. The number of hydrogen-bond acceptors (Lipinski definition) is 0. The first-order valence-electron chi connectivity index (χ1n) is 8.18. The lowest BCUT2D eigenvalue weighted by Crippen LogP contribution is -1.88. The van der Waals surface area contributed by atoms with Crippen molar-refractivity contribution in [2.75, 3.05) is 0 Å². The third kappa shape index (κ3) is 12.0. The highest BCUT2D eigenvalue weighted by Gasteiger charge is 1.94. The van der Waals surface area contributed by atoms with Gasteiger partial charge in [0, 0.05) is 0 Å². The monoisotopic (exact) mass is 250 g/mol. The molecule has 0 nitrogen and oxygen atoms in total. The van der Waals surface area contributed by atoms with Gasteiger partial charge >= 0.3 is 0 Å². The molecule has 0 fully saturated rings. The molecule has 0 saturated carbocycles. The topological polar surface area (TPSA) is 0 Å². The summed E-state index contributed by atoms with van der Waals surface area (Å²) in [6.07, 6.45) is 22.9. The van der Waals surface area contributed by atoms with Crippen LogP contribution in [0.25, 0.3) is 0 Å². The molecule has 0 rings (SSSR count). The van der Waals surface area contributed by atoms with E-state index in [4.69, 9.17) is 0 Å². The number of hydrogen-bond donors (Lipinski definition) is 0. The Balaban J connectivity index is 3.60. The van der Waals surface area contributed by atoms with Crippen molar-refractivity contribution in [3.05, 3.63) is 24.3 Å². The van der Waals surface area contributed by atoms with E-state index in [1.165, 1.54) is 64.2 Å². The fraction of sp³-hybridized carbons (Fsp3) is 0.778. The van der Waals surface area contributed by atoms with Crippen LogP contribution in [0.1, 0.15) is 85.0 Å². The Hall–Kier alpha value is -0.520. The molecule has 0 aromatic rings. The van der Waals surface area contributed by atoms with Gasteiger partial charge in [-0.15, -0.1) is 0 Å². The van der Waals surface area contributed by atoms with E-state index in [-0.39, 0.29) is 0 Å². The van der Waals surface area contributed by atoms with Gasteiger partial charge in [0.1, 0.15) is 0 Å². The minimum atomic E-state index is 0.664. The van der Waals surface area contributed by atoms with Crippen LogP contribution < -0.4 is 0 Å². The van der Waals surface area contributed by atoms with Crippen LogP contribution >= 0.6 is 0 Å². The number of allylic oxidation sites excluding steroid dienone is 4. The highest BCUT2D eigenvalue weighted by Crippen LogP contribution is 2.11. The van der Waals surface area contributed by atoms with Crippen molar-refractivity contribution >= 4 is 0 Å². The van der Waals surface area contributed by atoms with Gasteiger partial charge in [0.25, 0.3) is 0 Å². The third-order valence-corrected chi connectivity index (χ3v) is 3.44. The molecule has 0 bridgehead atoms. The van der Waals surface area contributed by atoms with Crippen LogP contribution in [0, 0.1) is 5.92 Å². The maximum Gasteiger partial charge on any atom is -0.00561 e. The zero-order valence-corrected chi connectivity index (χ0v) is 13.0. The predicted octanol–water partition coefficient (Wildman–Crippen LogP) is 6.68. The van der Waals surface area contributed by atoms with Crippen molar-refractivity contribution in [1.29, 1.82) is 0 Å². The van der Waals surface area contributed by atoms with Crippen molar-refractivity contribution < 1.29 is 0 Å². The normalized spacial score (nSPS) is 13.7. The van der Waals surface area contributed by atoms with Gasteiger partial charge in [-0.05, 0) is 31.6 Å². The Morgan fingerprint density at radius 2 is 1.22 bits per heavy atom. The second kappa shape index (κ2) is 14.5. The summed E-state index contributed by atoms with van der Waals surface area (Å²) in [5.41, 5.74) is 0. The standard InChI is InChI=1S/C18H34/c1-4-7-9-11-12-13-15-17-18(6-3)16-14-10-8-5-2/h14-18H,4-13H2,1-3H3. The molecule has 0 spiro atoms. The lowest BCUT2D eigenvalue weighted by molar-refractivity contribution is 0.636. The molecule has 0 aliphatic rings. The lowest BCUT2D eigenvalue weighted by Gasteiger charge is -2.03. The molecule has 0 N–H and O–H groups in total. The molecular formula is C18H34. The van der Waals surface area contributed by atoms with Gasteiger partial charge in [0.2, 0.25) is 0 Å². The Bertz CT molecular complexity index is 200. The van der Waals surface area contributed by atoms with Crippen molar-refractivity contribution in [1.82, 2.24) is 0 Å². The number of unbranched alkanes of at least 4 members (excludes halogenated alkanes) is 7. The maximum absolute atomic E-state index is 2.41. The van der Waals surface area contributed by atoms with E-state index >= 15 is 0 Å². The van der Waals surface area contributed by atoms with Crippen LogP contribution in [0.5, 0.6) is 0 Å². The summed E-state index contributed by atoms with van der Waals surface area (Å²) >= 11 is 0. The largest absolute Gasteiger partial charge is 0.0879 e. The average Bonchev–Trinajstić information content (AvgIpc) is 2.40. The average molecular weight is 250 g/mol. The van der Waals surface area contributed by atoms with E-state index < -0.39 is 0 Å². The zero-order chi connectivity index (χ0) is 13.5. The van der Waals surface area contributed by atoms with Gasteiger partial charge in [0.15, 0.2) is 0 Å². The number of rotatable bonds is 12. The van der Waals surface area contributed by atoms with Gasteiger partial charge in [-0.25, -0.2) is 0 Å². The Labute approximate surface area is 116 Å². The summed E-state index contributed by atoms with van der Waals surface area (Å²) in [5, 5.41) is 0. The first-order valence-corrected chi connectivity index (χ1v) is 8.18. The minimum Gasteiger partial charge on any atom is -0.0879 e. The molecule has 0 saturated heterocycles. The third-order valence-electron chi connectivity index (χ3n) is 3.44. The van der Waals surface area contributed by atoms with E-state index in [2.05, 4.69) is 45.1 Å². The van der Waals surface area contributed by atoms with Crippen LogP contribution in [0.3, 0.4) is 0 Å². The van der Waals surface area contributed by atoms with E-state index in [0.29, 0.717) is 5.92 Å². The summed E-state index contributed by atoms with van der Waals surface area (Å²) in [5.74, 6) is 0.664. The Kier molecular flexibility index (Phi) is 14.1. The molecule has 1 unspecified atom stereocenters. The zero-order valence-electron chi connectivity index (χ0n) is 13.0. The molecule has 18 heavy (non-hydrogen) atoms. The fourth-order valence-electron chi connectivity index (χ4n) is 2.07. The van der Waals surface area contributed by atoms with E-state index in [9.17, 15) is 0 Å². The second-order valence-corrected chi connectivity index (χ2v) is 5.27. The smallest absolute Gasteiger partial charge is 0.00561 e. The molecule has 106 valence electrons. The summed E-state index contributed by atoms with van der Waals surface area (Å²) in [6, 6.07) is 0. The molecule has 0 aromatic heterocycles. The van der Waals surface area contributed by atoms with Crippen LogP contribution in [-0.2, 0) is 0 Å². The van der Waals surface area contributed by atoms with Crippen LogP contribution in [-0.4, -0.2) is 0 Å². The molecule has 0 amide bonds. The Morgan fingerprint density at radius 1 is 0.667 bits per heavy atom. The molecule has 0 aliphatic heterocycles. The summed E-state index contributed by atoms with van der Waals surface area (Å²) < 4.78 is 0. The van der Waals surface area contributed by atoms with E-state index in [0.717, 1.165) is 0 Å². The van der Waals surface area contributed by atoms with E-state index in [1.807, 2.05) is 0 Å². The van der Waals surface area contributed by atoms with Gasteiger partial charge in [-0.2, -0.15) is 0 Å². The van der Waals surface area contributed by atoms with Crippen molar-refractivity contribution in [3.63, 3.8) is 0 Å². The minimum absolute atomic E-state index is 0.664. The van der Waals surface area contributed by atoms with Crippen molar-refractivity contribution in [2.24, 2.45) is 5.92 Å². The van der Waals surface area contributed by atoms with Crippen molar-refractivity contribution in [3.8, 4) is 0 Å². The molecule has 0 heterocycles. The van der Waals surface area contributed by atoms with Gasteiger partial charge in [-0.1, -0.05) is 83.6 Å². The SMILES string of the molecule is CCCCC=CC(C=CCCCCCCC)CC. The molecule has 0 aromatic carbocycles. The Morgan fingerprint density at radius 3 is 1.78 bits per heavy atom. The quantitative estimate of drug-likeness (QED) is 0.268. The molecule has 0 aliphatic carbocycles. The molecule has 0 radical (unpaired) electrons. The van der Waals surface area contributed by atoms with Crippen molar-refractivity contribution in [2.45, 2.75) is 85.0 Å². The fourth-order valence-corrected chi connectivity index (χ4v) is 2.07. The summed E-state index contributed by atoms with van der Waals surface area (Å²) in [4.78, 5) is 0. The summed E-state index contributed by atoms with van der Waals surface area (Å²) in [7, 11) is 0. The van der Waals surface area contributed by atoms with Crippen LogP contribution in [0.4, 0.5) is 0 Å². The predicted molar refractivity (Wildman–Crippen MR) is 85.0 cm³/mol. The van der Waals surface area contributed by atoms with Crippen LogP contribution in [0.15, 0.2) is 24.3 Å². The second-order valence-electron chi connectivity index (χ2n) is 5.27. The van der Waals surface area contributed by atoms with Gasteiger partial charge in [-0.3, -0.25) is 0 Å².